The van der Waals surface area contributed by atoms with Crippen LogP contribution in [0.25, 0.3) is 16.8 Å². The molecule has 2 aromatic carbocycles. The van der Waals surface area contributed by atoms with Gasteiger partial charge in [-0.05, 0) is 48.0 Å². The molecule has 0 saturated heterocycles. The van der Waals surface area contributed by atoms with Crippen LogP contribution in [0.3, 0.4) is 0 Å². The minimum absolute atomic E-state index is 0.294. The molecule has 0 fully saturated rings. The molecule has 27 heavy (non-hydrogen) atoms. The third-order valence-electron chi connectivity index (χ3n) is 4.09. The van der Waals surface area contributed by atoms with Crippen LogP contribution in [0.5, 0.6) is 5.75 Å². The molecule has 0 unspecified atom stereocenters. The van der Waals surface area contributed by atoms with E-state index < -0.39 is 0 Å². The Kier molecular flexibility index (Phi) is 4.48. The van der Waals surface area contributed by atoms with Gasteiger partial charge in [0.2, 0.25) is 0 Å². The number of carbonyl (C=O) groups is 1. The van der Waals surface area contributed by atoms with Gasteiger partial charge in [0.25, 0.3) is 5.91 Å². The molecule has 0 aliphatic heterocycles. The molecule has 0 aliphatic rings. The summed E-state index contributed by atoms with van der Waals surface area (Å²) >= 11 is 6.09. The highest BCUT2D eigenvalue weighted by molar-refractivity contribution is 6.30. The van der Waals surface area contributed by atoms with E-state index in [2.05, 4.69) is 15.4 Å². The second kappa shape index (κ2) is 7.09. The van der Waals surface area contributed by atoms with Gasteiger partial charge in [0.15, 0.2) is 5.65 Å². The topological polar surface area (TPSA) is 68.5 Å². The van der Waals surface area contributed by atoms with Crippen molar-refractivity contribution in [1.29, 1.82) is 0 Å². The zero-order valence-electron chi connectivity index (χ0n) is 14.4. The molecule has 0 radical (unpaired) electrons. The monoisotopic (exact) mass is 378 g/mol. The first-order valence-electron chi connectivity index (χ1n) is 8.20. The molecule has 0 saturated carbocycles. The molecular weight excluding hydrogens is 364 g/mol. The smallest absolute Gasteiger partial charge is 0.274 e. The van der Waals surface area contributed by atoms with E-state index in [0.717, 1.165) is 16.9 Å². The fraction of sp³-hybridized carbons (Fsp3) is 0.0500. The van der Waals surface area contributed by atoms with Crippen LogP contribution in [-0.2, 0) is 0 Å². The molecule has 1 amide bonds. The van der Waals surface area contributed by atoms with E-state index in [1.807, 2.05) is 18.2 Å². The first-order chi connectivity index (χ1) is 13.1. The van der Waals surface area contributed by atoms with Crippen LogP contribution in [-0.4, -0.2) is 27.6 Å². The van der Waals surface area contributed by atoms with Crippen LogP contribution < -0.4 is 10.1 Å². The number of anilines is 1. The van der Waals surface area contributed by atoms with Crippen molar-refractivity contribution in [3.63, 3.8) is 0 Å². The number of amides is 1. The maximum absolute atomic E-state index is 12.6. The molecular formula is C20H15ClN4O2. The molecule has 2 aromatic heterocycles. The van der Waals surface area contributed by atoms with Crippen molar-refractivity contribution in [2.24, 2.45) is 0 Å². The number of rotatable bonds is 4. The minimum Gasteiger partial charge on any atom is -0.497 e. The van der Waals surface area contributed by atoms with Crippen molar-refractivity contribution in [1.82, 2.24) is 14.6 Å². The molecule has 4 rings (SSSR count). The summed E-state index contributed by atoms with van der Waals surface area (Å²) in [6.45, 7) is 0. The summed E-state index contributed by atoms with van der Waals surface area (Å²) in [5, 5.41) is 7.75. The van der Waals surface area contributed by atoms with E-state index in [-0.39, 0.29) is 5.91 Å². The van der Waals surface area contributed by atoms with Crippen LogP contribution in [0.15, 0.2) is 67.0 Å². The van der Waals surface area contributed by atoms with Crippen LogP contribution in [0, 0.1) is 0 Å². The van der Waals surface area contributed by atoms with Crippen molar-refractivity contribution < 1.29 is 9.53 Å². The lowest BCUT2D eigenvalue weighted by atomic mass is 10.1. The lowest BCUT2D eigenvalue weighted by Gasteiger charge is -2.06. The Morgan fingerprint density at radius 3 is 2.70 bits per heavy atom. The lowest BCUT2D eigenvalue weighted by Crippen LogP contribution is -2.14. The Labute approximate surface area is 160 Å². The zero-order valence-corrected chi connectivity index (χ0v) is 15.1. The summed E-state index contributed by atoms with van der Waals surface area (Å²) in [5.41, 5.74) is 3.22. The average Bonchev–Trinajstić information content (AvgIpc) is 3.12. The molecule has 7 heteroatoms. The Morgan fingerprint density at radius 1 is 1.15 bits per heavy atom. The number of hydrogen-bond acceptors (Lipinski definition) is 4. The standard InChI is InChI=1S/C20H15ClN4O2/c1-27-16-7-5-15(6-8-16)23-20(26)18-9-10-25-19(24-18)17(12-22-25)13-3-2-4-14(21)11-13/h2-12H,1H3,(H,23,26). The second-order valence-electron chi connectivity index (χ2n) is 5.83. The van der Waals surface area contributed by atoms with Gasteiger partial charge >= 0.3 is 0 Å². The van der Waals surface area contributed by atoms with E-state index >= 15 is 0 Å². The third-order valence-corrected chi connectivity index (χ3v) is 4.32. The van der Waals surface area contributed by atoms with Gasteiger partial charge < -0.3 is 10.1 Å². The number of fused-ring (bicyclic) bond motifs is 1. The highest BCUT2D eigenvalue weighted by Gasteiger charge is 2.13. The molecule has 134 valence electrons. The summed E-state index contributed by atoms with van der Waals surface area (Å²) in [5.74, 6) is 0.416. The van der Waals surface area contributed by atoms with Crippen LogP contribution >= 0.6 is 11.6 Å². The van der Waals surface area contributed by atoms with Gasteiger partial charge in [0.1, 0.15) is 11.4 Å². The SMILES string of the molecule is COc1ccc(NC(=O)c2ccn3ncc(-c4cccc(Cl)c4)c3n2)cc1. The average molecular weight is 379 g/mol. The number of benzene rings is 2. The predicted molar refractivity (Wildman–Crippen MR) is 104 cm³/mol. The number of halogens is 1. The van der Waals surface area contributed by atoms with E-state index in [4.69, 9.17) is 16.3 Å². The number of methoxy groups -OCH3 is 1. The summed E-state index contributed by atoms with van der Waals surface area (Å²) < 4.78 is 6.74. The predicted octanol–water partition coefficient (Wildman–Crippen LogP) is 4.31. The van der Waals surface area contributed by atoms with Gasteiger partial charge in [-0.25, -0.2) is 9.50 Å². The van der Waals surface area contributed by atoms with Gasteiger partial charge in [0, 0.05) is 22.5 Å². The first-order valence-corrected chi connectivity index (χ1v) is 8.57. The summed E-state index contributed by atoms with van der Waals surface area (Å²) in [6, 6.07) is 16.1. The van der Waals surface area contributed by atoms with Crippen LogP contribution in [0.4, 0.5) is 5.69 Å². The van der Waals surface area contributed by atoms with Crippen molar-refractivity contribution in [2.45, 2.75) is 0 Å². The quantitative estimate of drug-likeness (QED) is 0.574. The van der Waals surface area contributed by atoms with Crippen molar-refractivity contribution in [2.75, 3.05) is 12.4 Å². The van der Waals surface area contributed by atoms with Crippen LogP contribution in [0.2, 0.25) is 5.02 Å². The van der Waals surface area contributed by atoms with Crippen molar-refractivity contribution >= 4 is 28.8 Å². The van der Waals surface area contributed by atoms with Crippen molar-refractivity contribution in [3.05, 3.63) is 77.7 Å². The number of nitrogens with zero attached hydrogens (tertiary/aromatic N) is 3. The first kappa shape index (κ1) is 17.1. The Morgan fingerprint density at radius 2 is 1.96 bits per heavy atom. The van der Waals surface area contributed by atoms with Gasteiger partial charge in [-0.15, -0.1) is 0 Å². The Bertz CT molecular complexity index is 1120. The second-order valence-corrected chi connectivity index (χ2v) is 6.27. The summed E-state index contributed by atoms with van der Waals surface area (Å²) in [4.78, 5) is 17.1. The molecule has 6 nitrogen and oxygen atoms in total. The summed E-state index contributed by atoms with van der Waals surface area (Å²) in [6.07, 6.45) is 3.42. The molecule has 0 bridgehead atoms. The van der Waals surface area contributed by atoms with Gasteiger partial charge in [-0.2, -0.15) is 5.10 Å². The van der Waals surface area contributed by atoms with E-state index in [1.165, 1.54) is 0 Å². The van der Waals surface area contributed by atoms with E-state index in [0.29, 0.717) is 22.1 Å². The Hall–Kier alpha value is -3.38. The summed E-state index contributed by atoms with van der Waals surface area (Å²) in [7, 11) is 1.59. The number of nitrogens with one attached hydrogen (secondary N) is 1. The van der Waals surface area contributed by atoms with E-state index in [9.17, 15) is 4.79 Å². The van der Waals surface area contributed by atoms with Crippen molar-refractivity contribution in [3.8, 4) is 16.9 Å². The lowest BCUT2D eigenvalue weighted by molar-refractivity contribution is 0.102. The zero-order chi connectivity index (χ0) is 18.8. The number of ether oxygens (including phenoxy) is 1. The molecule has 0 spiro atoms. The molecule has 0 atom stereocenters. The van der Waals surface area contributed by atoms with Crippen LogP contribution in [0.1, 0.15) is 10.5 Å². The highest BCUT2D eigenvalue weighted by atomic mass is 35.5. The maximum Gasteiger partial charge on any atom is 0.274 e. The number of carbonyl (C=O) groups excluding carboxylic acids is 1. The highest BCUT2D eigenvalue weighted by Crippen LogP contribution is 2.26. The number of hydrogen-bond donors (Lipinski definition) is 1. The van der Waals surface area contributed by atoms with Gasteiger partial charge in [-0.1, -0.05) is 23.7 Å². The van der Waals surface area contributed by atoms with E-state index in [1.54, 1.807) is 60.4 Å². The largest absolute Gasteiger partial charge is 0.497 e. The molecule has 4 aromatic rings. The number of aromatic nitrogens is 3. The third kappa shape index (κ3) is 3.47. The van der Waals surface area contributed by atoms with Gasteiger partial charge in [-0.3, -0.25) is 4.79 Å². The molecule has 2 heterocycles. The van der Waals surface area contributed by atoms with Gasteiger partial charge in [0.05, 0.1) is 13.3 Å². The maximum atomic E-state index is 12.6. The molecule has 0 aliphatic carbocycles. The normalized spacial score (nSPS) is 10.7. The fourth-order valence-corrected chi connectivity index (χ4v) is 2.91. The Balaban J connectivity index is 1.66. The molecule has 1 N–H and O–H groups in total. The fourth-order valence-electron chi connectivity index (χ4n) is 2.72. The minimum atomic E-state index is -0.305.